The monoisotopic (exact) mass is 317 g/mol. The first-order valence-corrected chi connectivity index (χ1v) is 8.99. The van der Waals surface area contributed by atoms with Gasteiger partial charge in [-0.05, 0) is 18.5 Å². The minimum absolute atomic E-state index is 0.0334. The molecule has 0 amide bonds. The molecular weight excluding hydrogens is 293 g/mol. The van der Waals surface area contributed by atoms with Crippen LogP contribution in [0.15, 0.2) is 18.2 Å². The molecule has 4 nitrogen and oxygen atoms in total. The number of hydrogen-bond donors (Lipinski definition) is 1. The number of halogens is 1. The van der Waals surface area contributed by atoms with Crippen LogP contribution in [0.25, 0.3) is 0 Å². The Bertz CT molecular complexity index is 544. The van der Waals surface area contributed by atoms with Crippen molar-refractivity contribution >= 4 is 9.84 Å². The maximum Gasteiger partial charge on any atom is 0.165 e. The first-order chi connectivity index (χ1) is 9.85. The summed E-state index contributed by atoms with van der Waals surface area (Å²) in [5, 5.41) is 3.22. The molecule has 0 aliphatic carbocycles. The highest BCUT2D eigenvalue weighted by molar-refractivity contribution is 7.91. The molecule has 1 aromatic carbocycles. The average molecular weight is 317 g/mol. The quantitative estimate of drug-likeness (QED) is 0.760. The maximum absolute atomic E-state index is 13.8. The van der Waals surface area contributed by atoms with Gasteiger partial charge >= 0.3 is 0 Å². The summed E-state index contributed by atoms with van der Waals surface area (Å²) < 4.78 is 42.0. The van der Waals surface area contributed by atoms with E-state index in [4.69, 9.17) is 4.74 Å². The lowest BCUT2D eigenvalue weighted by molar-refractivity contribution is 0.317. The van der Waals surface area contributed by atoms with Gasteiger partial charge in [0, 0.05) is 17.9 Å². The molecule has 1 rings (SSSR count). The lowest BCUT2D eigenvalue weighted by Crippen LogP contribution is -2.20. The zero-order chi connectivity index (χ0) is 15.9. The molecule has 0 unspecified atom stereocenters. The van der Waals surface area contributed by atoms with Crippen molar-refractivity contribution in [1.29, 1.82) is 0 Å². The molecule has 0 saturated carbocycles. The molecule has 0 spiro atoms. The summed E-state index contributed by atoms with van der Waals surface area (Å²) in [7, 11) is -3.11. The normalized spacial score (nSPS) is 11.9. The van der Waals surface area contributed by atoms with E-state index in [1.807, 2.05) is 0 Å². The summed E-state index contributed by atoms with van der Waals surface area (Å²) >= 11 is 0. The Balaban J connectivity index is 2.67. The van der Waals surface area contributed by atoms with Crippen molar-refractivity contribution in [2.75, 3.05) is 24.7 Å². The molecule has 0 atom stereocenters. The van der Waals surface area contributed by atoms with E-state index in [0.717, 1.165) is 6.54 Å². The third-order valence-corrected chi connectivity index (χ3v) is 4.67. The van der Waals surface area contributed by atoms with Gasteiger partial charge < -0.3 is 10.1 Å². The predicted molar refractivity (Wildman–Crippen MR) is 82.8 cm³/mol. The fourth-order valence-electron chi connectivity index (χ4n) is 1.76. The van der Waals surface area contributed by atoms with Gasteiger partial charge in [-0.15, -0.1) is 0 Å². The topological polar surface area (TPSA) is 55.4 Å². The van der Waals surface area contributed by atoms with Crippen LogP contribution in [0.4, 0.5) is 4.39 Å². The van der Waals surface area contributed by atoms with Crippen molar-refractivity contribution in [2.24, 2.45) is 5.92 Å². The van der Waals surface area contributed by atoms with Crippen LogP contribution in [-0.4, -0.2) is 33.1 Å². The van der Waals surface area contributed by atoms with Gasteiger partial charge in [0.25, 0.3) is 0 Å². The number of ether oxygens (including phenoxy) is 1. The highest BCUT2D eigenvalue weighted by Gasteiger charge is 2.12. The van der Waals surface area contributed by atoms with Crippen molar-refractivity contribution in [3.8, 4) is 5.75 Å². The summed E-state index contributed by atoms with van der Waals surface area (Å²) in [5.74, 6) is 0.137. The average Bonchev–Trinajstić information content (AvgIpc) is 2.41. The fraction of sp³-hybridized carbons (Fsp3) is 0.600. The van der Waals surface area contributed by atoms with Gasteiger partial charge in [0.05, 0.1) is 5.75 Å². The van der Waals surface area contributed by atoms with E-state index in [2.05, 4.69) is 19.2 Å². The highest BCUT2D eigenvalue weighted by Crippen LogP contribution is 2.22. The van der Waals surface area contributed by atoms with Crippen molar-refractivity contribution < 1.29 is 17.5 Å². The number of sulfone groups is 1. The van der Waals surface area contributed by atoms with Crippen LogP contribution in [0.2, 0.25) is 0 Å². The second-order valence-corrected chi connectivity index (χ2v) is 7.81. The molecule has 0 aromatic heterocycles. The Labute approximate surface area is 126 Å². The van der Waals surface area contributed by atoms with Crippen molar-refractivity contribution in [1.82, 2.24) is 5.32 Å². The van der Waals surface area contributed by atoms with E-state index in [-0.39, 0.29) is 23.9 Å². The minimum Gasteiger partial charge on any atom is -0.489 e. The second-order valence-electron chi connectivity index (χ2n) is 5.34. The molecule has 1 N–H and O–H groups in total. The first-order valence-electron chi connectivity index (χ1n) is 7.17. The predicted octanol–water partition coefficient (Wildman–Crippen LogP) is 2.38. The van der Waals surface area contributed by atoms with Gasteiger partial charge in [0.1, 0.15) is 6.61 Å². The molecular formula is C15H24FNO3S. The van der Waals surface area contributed by atoms with Gasteiger partial charge in [-0.1, -0.05) is 32.9 Å². The number of rotatable bonds is 9. The van der Waals surface area contributed by atoms with Crippen LogP contribution < -0.4 is 10.1 Å². The maximum atomic E-state index is 13.8. The molecule has 0 heterocycles. The fourth-order valence-corrected chi connectivity index (χ4v) is 2.39. The summed E-state index contributed by atoms with van der Waals surface area (Å²) in [6.07, 6.45) is 0. The van der Waals surface area contributed by atoms with Gasteiger partial charge in [-0.3, -0.25) is 0 Å². The molecule has 0 aliphatic heterocycles. The Morgan fingerprint density at radius 3 is 2.67 bits per heavy atom. The zero-order valence-electron chi connectivity index (χ0n) is 12.9. The lowest BCUT2D eigenvalue weighted by Gasteiger charge is -2.14. The third-order valence-electron chi connectivity index (χ3n) is 3.00. The van der Waals surface area contributed by atoms with Crippen LogP contribution in [0.3, 0.4) is 0 Å². The summed E-state index contributed by atoms with van der Waals surface area (Å²) in [4.78, 5) is 0. The molecule has 0 fully saturated rings. The molecule has 0 aliphatic rings. The minimum atomic E-state index is -3.11. The van der Waals surface area contributed by atoms with Crippen molar-refractivity contribution in [2.45, 2.75) is 27.3 Å². The number of para-hydroxylation sites is 1. The Kier molecular flexibility index (Phi) is 7.11. The first kappa shape index (κ1) is 17.9. The Hall–Kier alpha value is -1.14. The molecule has 6 heteroatoms. The van der Waals surface area contributed by atoms with Gasteiger partial charge in [0.15, 0.2) is 21.4 Å². The number of benzene rings is 1. The van der Waals surface area contributed by atoms with Gasteiger partial charge in [-0.2, -0.15) is 0 Å². The van der Waals surface area contributed by atoms with Crippen LogP contribution in [0.5, 0.6) is 5.75 Å². The van der Waals surface area contributed by atoms with Crippen LogP contribution in [-0.2, 0) is 16.4 Å². The SMILES string of the molecule is CCS(=O)(=O)CCOc1c(F)cccc1CNCC(C)C. The summed E-state index contributed by atoms with van der Waals surface area (Å²) in [5.41, 5.74) is 0.699. The molecule has 21 heavy (non-hydrogen) atoms. The van der Waals surface area contributed by atoms with Crippen LogP contribution in [0.1, 0.15) is 26.3 Å². The zero-order valence-corrected chi connectivity index (χ0v) is 13.7. The van der Waals surface area contributed by atoms with E-state index in [0.29, 0.717) is 18.0 Å². The molecule has 0 bridgehead atoms. The Morgan fingerprint density at radius 1 is 1.33 bits per heavy atom. The van der Waals surface area contributed by atoms with Gasteiger partial charge in [0.2, 0.25) is 0 Å². The van der Waals surface area contributed by atoms with Crippen molar-refractivity contribution in [3.63, 3.8) is 0 Å². The van der Waals surface area contributed by atoms with Crippen molar-refractivity contribution in [3.05, 3.63) is 29.6 Å². The number of nitrogens with one attached hydrogen (secondary N) is 1. The van der Waals surface area contributed by atoms with E-state index >= 15 is 0 Å². The highest BCUT2D eigenvalue weighted by atomic mass is 32.2. The Morgan fingerprint density at radius 2 is 2.05 bits per heavy atom. The molecule has 120 valence electrons. The largest absolute Gasteiger partial charge is 0.489 e. The summed E-state index contributed by atoms with van der Waals surface area (Å²) in [6, 6.07) is 4.72. The smallest absolute Gasteiger partial charge is 0.165 e. The lowest BCUT2D eigenvalue weighted by atomic mass is 10.1. The standard InChI is InChI=1S/C15H24FNO3S/c1-4-21(18,19)9-8-20-15-13(6-5-7-14(15)16)11-17-10-12(2)3/h5-7,12,17H,4,8-11H2,1-3H3. The second kappa shape index (κ2) is 8.34. The van der Waals surface area contributed by atoms with E-state index in [1.54, 1.807) is 19.1 Å². The summed E-state index contributed by atoms with van der Waals surface area (Å²) in [6.45, 7) is 7.04. The van der Waals surface area contributed by atoms with Gasteiger partial charge in [-0.25, -0.2) is 12.8 Å². The van der Waals surface area contributed by atoms with E-state index in [1.165, 1.54) is 6.07 Å². The molecule has 1 aromatic rings. The molecule has 0 saturated heterocycles. The molecule has 0 radical (unpaired) electrons. The van der Waals surface area contributed by atoms with E-state index in [9.17, 15) is 12.8 Å². The number of hydrogen-bond acceptors (Lipinski definition) is 4. The third kappa shape index (κ3) is 6.44. The van der Waals surface area contributed by atoms with E-state index < -0.39 is 15.7 Å². The van der Waals surface area contributed by atoms with Crippen LogP contribution >= 0.6 is 0 Å². The van der Waals surface area contributed by atoms with Crippen LogP contribution in [0, 0.1) is 11.7 Å².